The first-order chi connectivity index (χ1) is 11.7. The van der Waals surface area contributed by atoms with Crippen LogP contribution in [0.25, 0.3) is 11.1 Å². The van der Waals surface area contributed by atoms with Gasteiger partial charge in [-0.3, -0.25) is 4.79 Å². The highest BCUT2D eigenvalue weighted by atomic mass is 35.5. The molecule has 4 heteroatoms. The molecule has 24 heavy (non-hydrogen) atoms. The zero-order valence-electron chi connectivity index (χ0n) is 13.2. The molecule has 2 aromatic carbocycles. The van der Waals surface area contributed by atoms with Gasteiger partial charge in [-0.1, -0.05) is 48.0 Å². The number of rotatable bonds is 3. The van der Waals surface area contributed by atoms with Crippen LogP contribution < -0.4 is 5.32 Å². The fourth-order valence-corrected chi connectivity index (χ4v) is 2.95. The molecule has 1 aliphatic rings. The van der Waals surface area contributed by atoms with Crippen molar-refractivity contribution < 1.29 is 4.79 Å². The first-order valence-electron chi connectivity index (χ1n) is 7.97. The lowest BCUT2D eigenvalue weighted by molar-refractivity contribution is 0.103. The Labute approximate surface area is 146 Å². The Morgan fingerprint density at radius 1 is 1.00 bits per heavy atom. The smallest absolute Gasteiger partial charge is 0.205 e. The standard InChI is InChI=1S/C20H17ClN2O/c21-17-10-8-15(9-11-17)14-4-6-16(7-5-14)20(24)18(13-22)19-3-1-2-12-23-19/h4-11,23H,1-3,12H2/b19-18+. The SMILES string of the molecule is N#C/C(C(=O)c1ccc(-c2ccc(Cl)cc2)cc1)=C1/CCCCN1. The van der Waals surface area contributed by atoms with E-state index in [4.69, 9.17) is 11.6 Å². The van der Waals surface area contributed by atoms with E-state index in [0.29, 0.717) is 10.6 Å². The first-order valence-corrected chi connectivity index (χ1v) is 8.34. The van der Waals surface area contributed by atoms with Gasteiger partial charge >= 0.3 is 0 Å². The molecule has 3 nitrogen and oxygen atoms in total. The molecule has 0 aromatic heterocycles. The maximum atomic E-state index is 12.6. The Hall–Kier alpha value is -2.57. The number of carbonyl (C=O) groups excluding carboxylic acids is 1. The molecule has 0 unspecified atom stereocenters. The van der Waals surface area contributed by atoms with Gasteiger partial charge in [-0.2, -0.15) is 5.26 Å². The van der Waals surface area contributed by atoms with Crippen molar-refractivity contribution in [1.82, 2.24) is 5.32 Å². The van der Waals surface area contributed by atoms with Gasteiger partial charge in [-0.05, 0) is 42.5 Å². The third-order valence-electron chi connectivity index (χ3n) is 4.16. The second-order valence-corrected chi connectivity index (χ2v) is 6.20. The summed E-state index contributed by atoms with van der Waals surface area (Å²) >= 11 is 5.90. The second-order valence-electron chi connectivity index (χ2n) is 5.76. The Balaban J connectivity index is 1.86. The predicted octanol–water partition coefficient (Wildman–Crippen LogP) is 4.74. The number of halogens is 1. The van der Waals surface area contributed by atoms with Crippen molar-refractivity contribution in [3.8, 4) is 17.2 Å². The molecule has 1 saturated heterocycles. The van der Waals surface area contributed by atoms with Gasteiger partial charge in [0.1, 0.15) is 11.6 Å². The first kappa shape index (κ1) is 16.3. The van der Waals surface area contributed by atoms with Crippen molar-refractivity contribution in [2.24, 2.45) is 0 Å². The highest BCUT2D eigenvalue weighted by molar-refractivity contribution is 6.30. The van der Waals surface area contributed by atoms with E-state index in [0.717, 1.165) is 42.6 Å². The minimum Gasteiger partial charge on any atom is -0.387 e. The van der Waals surface area contributed by atoms with Crippen molar-refractivity contribution in [3.63, 3.8) is 0 Å². The molecule has 0 saturated carbocycles. The summed E-state index contributed by atoms with van der Waals surface area (Å²) in [5.74, 6) is -0.218. The van der Waals surface area contributed by atoms with Crippen LogP contribution in [0.1, 0.15) is 29.6 Å². The van der Waals surface area contributed by atoms with Crippen LogP contribution in [0.5, 0.6) is 0 Å². The predicted molar refractivity (Wildman–Crippen MR) is 95.7 cm³/mol. The quantitative estimate of drug-likeness (QED) is 0.500. The molecular weight excluding hydrogens is 320 g/mol. The van der Waals surface area contributed by atoms with Crippen LogP contribution in [0.3, 0.4) is 0 Å². The highest BCUT2D eigenvalue weighted by Gasteiger charge is 2.18. The van der Waals surface area contributed by atoms with Crippen molar-refractivity contribution >= 4 is 17.4 Å². The molecule has 0 amide bonds. The lowest BCUT2D eigenvalue weighted by atomic mass is 9.96. The summed E-state index contributed by atoms with van der Waals surface area (Å²) in [6.45, 7) is 0.823. The Morgan fingerprint density at radius 3 is 2.17 bits per heavy atom. The van der Waals surface area contributed by atoms with E-state index in [2.05, 4.69) is 11.4 Å². The number of carbonyl (C=O) groups is 1. The monoisotopic (exact) mass is 336 g/mol. The molecule has 0 spiro atoms. The van der Waals surface area contributed by atoms with Crippen LogP contribution in [-0.4, -0.2) is 12.3 Å². The van der Waals surface area contributed by atoms with E-state index in [-0.39, 0.29) is 11.4 Å². The van der Waals surface area contributed by atoms with Crippen LogP contribution in [0.2, 0.25) is 5.02 Å². The summed E-state index contributed by atoms with van der Waals surface area (Å²) in [6.07, 6.45) is 2.85. The molecule has 1 aliphatic heterocycles. The van der Waals surface area contributed by atoms with Crippen LogP contribution >= 0.6 is 11.6 Å². The van der Waals surface area contributed by atoms with Gasteiger partial charge in [0, 0.05) is 22.8 Å². The number of piperidine rings is 1. The Kier molecular flexibility index (Phi) is 4.98. The van der Waals surface area contributed by atoms with Gasteiger partial charge in [-0.15, -0.1) is 0 Å². The van der Waals surface area contributed by atoms with E-state index in [1.54, 1.807) is 12.1 Å². The van der Waals surface area contributed by atoms with Gasteiger partial charge in [0.15, 0.2) is 0 Å². The average Bonchev–Trinajstić information content (AvgIpc) is 2.64. The minimum atomic E-state index is -0.218. The van der Waals surface area contributed by atoms with Crippen LogP contribution in [0.4, 0.5) is 0 Å². The number of benzene rings is 2. The number of allylic oxidation sites excluding steroid dienone is 2. The third kappa shape index (κ3) is 3.50. The van der Waals surface area contributed by atoms with E-state index in [1.165, 1.54) is 0 Å². The van der Waals surface area contributed by atoms with Crippen LogP contribution in [0.15, 0.2) is 59.8 Å². The zero-order valence-corrected chi connectivity index (χ0v) is 13.9. The van der Waals surface area contributed by atoms with Gasteiger partial charge in [-0.25, -0.2) is 0 Å². The summed E-state index contributed by atoms with van der Waals surface area (Å²) in [5.41, 5.74) is 3.57. The molecule has 3 rings (SSSR count). The fourth-order valence-electron chi connectivity index (χ4n) is 2.82. The molecule has 120 valence electrons. The Morgan fingerprint density at radius 2 is 1.62 bits per heavy atom. The molecule has 0 atom stereocenters. The molecule has 1 fully saturated rings. The van der Waals surface area contributed by atoms with Gasteiger partial charge < -0.3 is 5.32 Å². The van der Waals surface area contributed by atoms with E-state index in [1.807, 2.05) is 36.4 Å². The average molecular weight is 337 g/mol. The lowest BCUT2D eigenvalue weighted by Gasteiger charge is -2.18. The number of nitrogens with zero attached hydrogens (tertiary/aromatic N) is 1. The van der Waals surface area contributed by atoms with Crippen LogP contribution in [-0.2, 0) is 0 Å². The van der Waals surface area contributed by atoms with Crippen molar-refractivity contribution in [2.45, 2.75) is 19.3 Å². The zero-order chi connectivity index (χ0) is 16.9. The van der Waals surface area contributed by atoms with E-state index in [9.17, 15) is 10.1 Å². The Bertz CT molecular complexity index is 806. The number of nitrogens with one attached hydrogen (secondary N) is 1. The van der Waals surface area contributed by atoms with E-state index >= 15 is 0 Å². The number of Topliss-reactive ketones (excluding diaryl/α,β-unsaturated/α-hetero) is 1. The summed E-state index contributed by atoms with van der Waals surface area (Å²) in [5, 5.41) is 13.3. The number of hydrogen-bond donors (Lipinski definition) is 1. The van der Waals surface area contributed by atoms with Gasteiger partial charge in [0.05, 0.1) is 0 Å². The summed E-state index contributed by atoms with van der Waals surface area (Å²) < 4.78 is 0. The van der Waals surface area contributed by atoms with E-state index < -0.39 is 0 Å². The van der Waals surface area contributed by atoms with Crippen molar-refractivity contribution in [3.05, 3.63) is 70.4 Å². The van der Waals surface area contributed by atoms with Gasteiger partial charge in [0.2, 0.25) is 5.78 Å². The summed E-state index contributed by atoms with van der Waals surface area (Å²) in [4.78, 5) is 12.6. The summed E-state index contributed by atoms with van der Waals surface area (Å²) in [7, 11) is 0. The fraction of sp³-hybridized carbons (Fsp3) is 0.200. The molecule has 0 aliphatic carbocycles. The normalized spacial score (nSPS) is 16.0. The summed E-state index contributed by atoms with van der Waals surface area (Å²) in [6, 6.07) is 17.0. The van der Waals surface area contributed by atoms with Gasteiger partial charge in [0.25, 0.3) is 0 Å². The lowest BCUT2D eigenvalue weighted by Crippen LogP contribution is -2.23. The molecule has 0 radical (unpaired) electrons. The molecule has 1 heterocycles. The molecular formula is C20H17ClN2O. The number of hydrogen-bond acceptors (Lipinski definition) is 3. The number of ketones is 1. The highest BCUT2D eigenvalue weighted by Crippen LogP contribution is 2.23. The van der Waals surface area contributed by atoms with Crippen molar-refractivity contribution in [2.75, 3.05) is 6.54 Å². The molecule has 1 N–H and O–H groups in total. The van der Waals surface area contributed by atoms with Crippen molar-refractivity contribution in [1.29, 1.82) is 5.26 Å². The molecule has 2 aromatic rings. The maximum Gasteiger partial charge on any atom is 0.205 e. The largest absolute Gasteiger partial charge is 0.387 e. The second kappa shape index (κ2) is 7.33. The minimum absolute atomic E-state index is 0.218. The topological polar surface area (TPSA) is 52.9 Å². The third-order valence-corrected chi connectivity index (χ3v) is 4.41. The maximum absolute atomic E-state index is 12.6. The van der Waals surface area contributed by atoms with Crippen LogP contribution in [0, 0.1) is 11.3 Å². The molecule has 0 bridgehead atoms. The number of nitriles is 1.